The SMILES string of the molecule is CC(CN)C(=O)Nc1cccc(C(=O)N2CCCCC2)c1. The average molecular weight is 289 g/mol. The van der Waals surface area contributed by atoms with Crippen LogP contribution in [0.4, 0.5) is 5.69 Å². The van der Waals surface area contributed by atoms with Gasteiger partial charge in [0.15, 0.2) is 0 Å². The number of nitrogens with two attached hydrogens (primary N) is 1. The Morgan fingerprint density at radius 3 is 2.67 bits per heavy atom. The van der Waals surface area contributed by atoms with Gasteiger partial charge in [-0.1, -0.05) is 13.0 Å². The number of nitrogens with zero attached hydrogens (tertiary/aromatic N) is 1. The van der Waals surface area contributed by atoms with Crippen LogP contribution in [0, 0.1) is 5.92 Å². The molecule has 0 aliphatic carbocycles. The van der Waals surface area contributed by atoms with Crippen LogP contribution in [-0.4, -0.2) is 36.3 Å². The molecule has 0 aromatic heterocycles. The molecule has 5 nitrogen and oxygen atoms in total. The van der Waals surface area contributed by atoms with Crippen molar-refractivity contribution in [3.63, 3.8) is 0 Å². The molecular weight excluding hydrogens is 266 g/mol. The van der Waals surface area contributed by atoms with E-state index in [1.165, 1.54) is 6.42 Å². The van der Waals surface area contributed by atoms with Gasteiger partial charge in [-0.05, 0) is 37.5 Å². The van der Waals surface area contributed by atoms with Crippen LogP contribution in [0.15, 0.2) is 24.3 Å². The van der Waals surface area contributed by atoms with Crippen molar-refractivity contribution < 1.29 is 9.59 Å². The monoisotopic (exact) mass is 289 g/mol. The van der Waals surface area contributed by atoms with Gasteiger partial charge in [0.25, 0.3) is 5.91 Å². The fraction of sp³-hybridized carbons (Fsp3) is 0.500. The molecule has 0 bridgehead atoms. The zero-order valence-electron chi connectivity index (χ0n) is 12.5. The van der Waals surface area contributed by atoms with E-state index < -0.39 is 0 Å². The van der Waals surface area contributed by atoms with Crippen LogP contribution in [0.2, 0.25) is 0 Å². The van der Waals surface area contributed by atoms with E-state index in [9.17, 15) is 9.59 Å². The summed E-state index contributed by atoms with van der Waals surface area (Å²) in [7, 11) is 0. The molecule has 0 spiro atoms. The Bertz CT molecular complexity index is 510. The van der Waals surface area contributed by atoms with Gasteiger partial charge in [0.1, 0.15) is 0 Å². The summed E-state index contributed by atoms with van der Waals surface area (Å²) in [5.41, 5.74) is 6.74. The van der Waals surface area contributed by atoms with E-state index in [1.807, 2.05) is 4.90 Å². The van der Waals surface area contributed by atoms with Gasteiger partial charge in [0.05, 0.1) is 0 Å². The minimum atomic E-state index is -0.244. The number of nitrogens with one attached hydrogen (secondary N) is 1. The predicted octanol–water partition coefficient (Wildman–Crippen LogP) is 1.85. The van der Waals surface area contributed by atoms with Gasteiger partial charge >= 0.3 is 0 Å². The van der Waals surface area contributed by atoms with Crippen LogP contribution in [-0.2, 0) is 4.79 Å². The van der Waals surface area contributed by atoms with E-state index in [0.29, 0.717) is 17.8 Å². The number of benzene rings is 1. The third kappa shape index (κ3) is 4.04. The van der Waals surface area contributed by atoms with Crippen molar-refractivity contribution >= 4 is 17.5 Å². The average Bonchev–Trinajstić information content (AvgIpc) is 2.54. The highest BCUT2D eigenvalue weighted by Gasteiger charge is 2.18. The Labute approximate surface area is 125 Å². The number of carbonyl (C=O) groups excluding carboxylic acids is 2. The first-order valence-corrected chi connectivity index (χ1v) is 7.52. The summed E-state index contributed by atoms with van der Waals surface area (Å²) in [5, 5.41) is 2.80. The van der Waals surface area contributed by atoms with Crippen LogP contribution < -0.4 is 11.1 Å². The lowest BCUT2D eigenvalue weighted by molar-refractivity contribution is -0.119. The number of rotatable bonds is 4. The Morgan fingerprint density at radius 2 is 2.00 bits per heavy atom. The van der Waals surface area contributed by atoms with Crippen LogP contribution >= 0.6 is 0 Å². The maximum Gasteiger partial charge on any atom is 0.253 e. The minimum Gasteiger partial charge on any atom is -0.339 e. The van der Waals surface area contributed by atoms with Gasteiger partial charge in [-0.3, -0.25) is 9.59 Å². The zero-order valence-corrected chi connectivity index (χ0v) is 12.5. The van der Waals surface area contributed by atoms with Crippen molar-refractivity contribution in [3.8, 4) is 0 Å². The first-order chi connectivity index (χ1) is 10.1. The van der Waals surface area contributed by atoms with Crippen molar-refractivity contribution in [1.82, 2.24) is 4.90 Å². The summed E-state index contributed by atoms with van der Waals surface area (Å²) in [6.45, 7) is 3.72. The normalized spacial score (nSPS) is 16.4. The van der Waals surface area contributed by atoms with Gasteiger partial charge in [0.2, 0.25) is 5.91 Å². The number of hydrogen-bond donors (Lipinski definition) is 2. The topological polar surface area (TPSA) is 75.4 Å². The van der Waals surface area contributed by atoms with Crippen molar-refractivity contribution in [2.75, 3.05) is 25.0 Å². The van der Waals surface area contributed by atoms with Gasteiger partial charge < -0.3 is 16.0 Å². The highest BCUT2D eigenvalue weighted by molar-refractivity contribution is 5.97. The second-order valence-corrected chi connectivity index (χ2v) is 5.56. The van der Waals surface area contributed by atoms with Crippen LogP contribution in [0.25, 0.3) is 0 Å². The summed E-state index contributed by atoms with van der Waals surface area (Å²) in [6, 6.07) is 7.10. The molecule has 2 amide bonds. The predicted molar refractivity (Wildman–Crippen MR) is 83.0 cm³/mol. The number of hydrogen-bond acceptors (Lipinski definition) is 3. The molecule has 0 radical (unpaired) electrons. The highest BCUT2D eigenvalue weighted by atomic mass is 16.2. The van der Waals surface area contributed by atoms with Crippen LogP contribution in [0.5, 0.6) is 0 Å². The molecule has 5 heteroatoms. The summed E-state index contributed by atoms with van der Waals surface area (Å²) in [5.74, 6) is -0.329. The number of likely N-dealkylation sites (tertiary alicyclic amines) is 1. The number of amides is 2. The van der Waals surface area contributed by atoms with Gasteiger partial charge in [-0.15, -0.1) is 0 Å². The fourth-order valence-corrected chi connectivity index (χ4v) is 2.38. The largest absolute Gasteiger partial charge is 0.339 e. The van der Waals surface area contributed by atoms with Crippen molar-refractivity contribution in [2.45, 2.75) is 26.2 Å². The van der Waals surface area contributed by atoms with E-state index in [0.717, 1.165) is 25.9 Å². The molecule has 1 aliphatic heterocycles. The Balaban J connectivity index is 2.06. The van der Waals surface area contributed by atoms with E-state index in [1.54, 1.807) is 31.2 Å². The summed E-state index contributed by atoms with van der Waals surface area (Å²) in [6.07, 6.45) is 3.32. The molecule has 1 aliphatic rings. The molecule has 1 aromatic rings. The molecule has 0 saturated carbocycles. The quantitative estimate of drug-likeness (QED) is 0.888. The van der Waals surface area contributed by atoms with Crippen molar-refractivity contribution in [3.05, 3.63) is 29.8 Å². The molecule has 3 N–H and O–H groups in total. The highest BCUT2D eigenvalue weighted by Crippen LogP contribution is 2.16. The van der Waals surface area contributed by atoms with E-state index in [-0.39, 0.29) is 17.7 Å². The first-order valence-electron chi connectivity index (χ1n) is 7.52. The number of carbonyl (C=O) groups is 2. The second kappa shape index (κ2) is 7.22. The molecule has 1 heterocycles. The standard InChI is InChI=1S/C16H23N3O2/c1-12(11-17)15(20)18-14-7-5-6-13(10-14)16(21)19-8-3-2-4-9-19/h5-7,10,12H,2-4,8-9,11,17H2,1H3,(H,18,20). The summed E-state index contributed by atoms with van der Waals surface area (Å²) >= 11 is 0. The molecule has 114 valence electrons. The Kier molecular flexibility index (Phi) is 5.33. The van der Waals surface area contributed by atoms with Crippen molar-refractivity contribution in [1.29, 1.82) is 0 Å². The number of anilines is 1. The molecule has 1 atom stereocenters. The lowest BCUT2D eigenvalue weighted by Crippen LogP contribution is -2.35. The lowest BCUT2D eigenvalue weighted by Gasteiger charge is -2.26. The maximum atomic E-state index is 12.4. The third-order valence-electron chi connectivity index (χ3n) is 3.82. The fourth-order valence-electron chi connectivity index (χ4n) is 2.38. The molecule has 1 saturated heterocycles. The van der Waals surface area contributed by atoms with Gasteiger partial charge in [-0.2, -0.15) is 0 Å². The molecule has 2 rings (SSSR count). The zero-order chi connectivity index (χ0) is 15.2. The molecule has 1 aromatic carbocycles. The van der Waals surface area contributed by atoms with Gasteiger partial charge in [0, 0.05) is 36.8 Å². The summed E-state index contributed by atoms with van der Waals surface area (Å²) < 4.78 is 0. The first kappa shape index (κ1) is 15.5. The Hall–Kier alpha value is -1.88. The number of piperidine rings is 1. The second-order valence-electron chi connectivity index (χ2n) is 5.56. The van der Waals surface area contributed by atoms with E-state index in [2.05, 4.69) is 5.32 Å². The van der Waals surface area contributed by atoms with Crippen molar-refractivity contribution in [2.24, 2.45) is 11.7 Å². The van der Waals surface area contributed by atoms with Crippen LogP contribution in [0.3, 0.4) is 0 Å². The third-order valence-corrected chi connectivity index (χ3v) is 3.82. The van der Waals surface area contributed by atoms with Crippen LogP contribution in [0.1, 0.15) is 36.5 Å². The van der Waals surface area contributed by atoms with E-state index >= 15 is 0 Å². The molecule has 21 heavy (non-hydrogen) atoms. The lowest BCUT2D eigenvalue weighted by atomic mass is 10.1. The molecular formula is C16H23N3O2. The van der Waals surface area contributed by atoms with E-state index in [4.69, 9.17) is 5.73 Å². The maximum absolute atomic E-state index is 12.4. The Morgan fingerprint density at radius 1 is 1.29 bits per heavy atom. The summed E-state index contributed by atoms with van der Waals surface area (Å²) in [4.78, 5) is 26.1. The smallest absolute Gasteiger partial charge is 0.253 e. The molecule has 1 unspecified atom stereocenters. The minimum absolute atomic E-state index is 0.0395. The van der Waals surface area contributed by atoms with Gasteiger partial charge in [-0.25, -0.2) is 0 Å². The molecule has 1 fully saturated rings.